The van der Waals surface area contributed by atoms with Crippen LogP contribution in [0.1, 0.15) is 31.1 Å². The summed E-state index contributed by atoms with van der Waals surface area (Å²) in [5, 5.41) is 16.4. The van der Waals surface area contributed by atoms with Crippen LogP contribution in [0.15, 0.2) is 48.8 Å². The lowest BCUT2D eigenvalue weighted by atomic mass is 10.2. The quantitative estimate of drug-likeness (QED) is 0.628. The van der Waals surface area contributed by atoms with Crippen molar-refractivity contribution in [2.24, 2.45) is 0 Å². The molecule has 0 amide bonds. The Morgan fingerprint density at radius 1 is 1.27 bits per heavy atom. The second-order valence-electron chi connectivity index (χ2n) is 5.88. The number of rotatable bonds is 6. The van der Waals surface area contributed by atoms with Gasteiger partial charge in [-0.1, -0.05) is 29.8 Å². The maximum Gasteiger partial charge on any atom is 0.172 e. The normalized spacial score (nSPS) is 12.0. The average Bonchev–Trinajstić information content (AvgIpc) is 3.26. The molecule has 136 valence electrons. The van der Waals surface area contributed by atoms with E-state index in [-0.39, 0.29) is 6.04 Å². The van der Waals surface area contributed by atoms with Crippen LogP contribution < -0.4 is 10.6 Å². The Hall–Kier alpha value is -2.38. The van der Waals surface area contributed by atoms with Gasteiger partial charge in [-0.3, -0.25) is 9.36 Å². The Labute approximate surface area is 163 Å². The molecule has 0 aliphatic heterocycles. The van der Waals surface area contributed by atoms with E-state index in [0.717, 1.165) is 22.8 Å². The predicted octanol–water partition coefficient (Wildman–Crippen LogP) is 3.85. The monoisotopic (exact) mass is 388 g/mol. The average molecular weight is 389 g/mol. The number of halogens is 1. The summed E-state index contributed by atoms with van der Waals surface area (Å²) >= 11 is 11.6. The van der Waals surface area contributed by atoms with Crippen LogP contribution in [-0.2, 0) is 13.1 Å². The van der Waals surface area contributed by atoms with E-state index < -0.39 is 0 Å². The third kappa shape index (κ3) is 4.42. The van der Waals surface area contributed by atoms with Gasteiger partial charge in [0, 0.05) is 30.0 Å². The molecule has 0 saturated heterocycles. The van der Waals surface area contributed by atoms with Crippen molar-refractivity contribution in [3.63, 3.8) is 0 Å². The zero-order chi connectivity index (χ0) is 18.5. The first-order valence-corrected chi connectivity index (χ1v) is 9.21. The van der Waals surface area contributed by atoms with Gasteiger partial charge in [0.05, 0.1) is 18.3 Å². The van der Waals surface area contributed by atoms with E-state index in [1.165, 1.54) is 0 Å². The highest BCUT2D eigenvalue weighted by Gasteiger charge is 2.12. The molecule has 0 aliphatic rings. The molecule has 2 aromatic heterocycles. The van der Waals surface area contributed by atoms with Gasteiger partial charge in [0.2, 0.25) is 0 Å². The van der Waals surface area contributed by atoms with Crippen LogP contribution in [0, 0.1) is 0 Å². The zero-order valence-corrected chi connectivity index (χ0v) is 16.3. The number of hydrogen-bond donors (Lipinski definition) is 2. The number of nitrogens with one attached hydrogen (secondary N) is 2. The van der Waals surface area contributed by atoms with Crippen molar-refractivity contribution >= 4 is 34.7 Å². The molecule has 2 heterocycles. The van der Waals surface area contributed by atoms with Crippen LogP contribution in [0.4, 0.5) is 5.82 Å². The summed E-state index contributed by atoms with van der Waals surface area (Å²) in [7, 11) is 0. The van der Waals surface area contributed by atoms with Gasteiger partial charge >= 0.3 is 0 Å². The van der Waals surface area contributed by atoms with E-state index in [2.05, 4.69) is 27.8 Å². The van der Waals surface area contributed by atoms with Crippen LogP contribution in [0.3, 0.4) is 0 Å². The topological polar surface area (TPSA) is 59.7 Å². The first-order valence-electron chi connectivity index (χ1n) is 8.43. The fourth-order valence-electron chi connectivity index (χ4n) is 2.72. The largest absolute Gasteiger partial charge is 0.354 e. The molecular weight excluding hydrogens is 368 g/mol. The van der Waals surface area contributed by atoms with Crippen LogP contribution in [0.25, 0.3) is 0 Å². The van der Waals surface area contributed by atoms with E-state index in [9.17, 15) is 0 Å². The molecule has 0 saturated carbocycles. The van der Waals surface area contributed by atoms with E-state index in [0.29, 0.717) is 17.5 Å². The summed E-state index contributed by atoms with van der Waals surface area (Å²) in [4.78, 5) is 0. The molecule has 1 atom stereocenters. The lowest BCUT2D eigenvalue weighted by Crippen LogP contribution is -2.32. The van der Waals surface area contributed by atoms with E-state index >= 15 is 0 Å². The highest BCUT2D eigenvalue weighted by molar-refractivity contribution is 7.80. The molecule has 6 nitrogen and oxygen atoms in total. The minimum Gasteiger partial charge on any atom is -0.354 e. The Morgan fingerprint density at radius 2 is 2.08 bits per heavy atom. The van der Waals surface area contributed by atoms with E-state index in [1.807, 2.05) is 58.9 Å². The molecule has 3 rings (SSSR count). The molecule has 0 aliphatic carbocycles. The van der Waals surface area contributed by atoms with Crippen molar-refractivity contribution in [1.29, 1.82) is 0 Å². The van der Waals surface area contributed by atoms with Crippen LogP contribution in [-0.4, -0.2) is 24.7 Å². The maximum atomic E-state index is 6.20. The Kier molecular flexibility index (Phi) is 5.90. The molecule has 1 unspecified atom stereocenters. The molecule has 0 bridgehead atoms. The SMILES string of the molecule is CCn1nccc1C(C)NC(=S)Nc1ccn(Cc2ccccc2Cl)n1. The summed E-state index contributed by atoms with van der Waals surface area (Å²) in [6.07, 6.45) is 3.69. The third-order valence-electron chi connectivity index (χ3n) is 4.01. The van der Waals surface area contributed by atoms with Gasteiger partial charge < -0.3 is 10.6 Å². The minimum absolute atomic E-state index is 0.0441. The highest BCUT2D eigenvalue weighted by atomic mass is 35.5. The first kappa shape index (κ1) is 18.4. The van der Waals surface area contributed by atoms with Crippen LogP contribution in [0.5, 0.6) is 0 Å². The van der Waals surface area contributed by atoms with Crippen molar-refractivity contribution in [2.45, 2.75) is 33.0 Å². The van der Waals surface area contributed by atoms with Crippen molar-refractivity contribution in [1.82, 2.24) is 24.9 Å². The van der Waals surface area contributed by atoms with Crippen LogP contribution >= 0.6 is 23.8 Å². The van der Waals surface area contributed by atoms with Gasteiger partial charge in [-0.2, -0.15) is 10.2 Å². The Balaban J connectivity index is 1.58. The third-order valence-corrected chi connectivity index (χ3v) is 4.60. The molecule has 1 aromatic carbocycles. The van der Waals surface area contributed by atoms with Crippen molar-refractivity contribution in [2.75, 3.05) is 5.32 Å². The van der Waals surface area contributed by atoms with Gasteiger partial charge in [0.25, 0.3) is 0 Å². The first-order chi connectivity index (χ1) is 12.6. The molecule has 8 heteroatoms. The Morgan fingerprint density at radius 3 is 2.85 bits per heavy atom. The predicted molar refractivity (Wildman–Crippen MR) is 108 cm³/mol. The second kappa shape index (κ2) is 8.33. The summed E-state index contributed by atoms with van der Waals surface area (Å²) in [5.74, 6) is 0.686. The molecule has 2 N–H and O–H groups in total. The summed E-state index contributed by atoms with van der Waals surface area (Å²) in [6.45, 7) is 5.53. The number of hydrogen-bond acceptors (Lipinski definition) is 3. The lowest BCUT2D eigenvalue weighted by molar-refractivity contribution is 0.568. The molecule has 0 radical (unpaired) electrons. The molecule has 3 aromatic rings. The van der Waals surface area contributed by atoms with Gasteiger partial charge in [0.1, 0.15) is 0 Å². The number of nitrogens with zero attached hydrogens (tertiary/aromatic N) is 4. The standard InChI is InChI=1S/C18H21ClN6S/c1-3-25-16(8-10-20-25)13(2)21-18(26)22-17-9-11-24(23-17)12-14-6-4-5-7-15(14)19/h4-11,13H,3,12H2,1-2H3,(H2,21,22,23,26). The number of benzene rings is 1. The van der Waals surface area contributed by atoms with Crippen molar-refractivity contribution in [3.05, 3.63) is 65.1 Å². The van der Waals surface area contributed by atoms with E-state index in [1.54, 1.807) is 6.20 Å². The second-order valence-corrected chi connectivity index (χ2v) is 6.70. The van der Waals surface area contributed by atoms with Gasteiger partial charge in [0.15, 0.2) is 10.9 Å². The minimum atomic E-state index is 0.0441. The highest BCUT2D eigenvalue weighted by Crippen LogP contribution is 2.17. The molecular formula is C18H21ClN6S. The lowest BCUT2D eigenvalue weighted by Gasteiger charge is -2.17. The van der Waals surface area contributed by atoms with Crippen molar-refractivity contribution in [3.8, 4) is 0 Å². The fourth-order valence-corrected chi connectivity index (χ4v) is 3.19. The Bertz CT molecular complexity index is 887. The summed E-state index contributed by atoms with van der Waals surface area (Å²) < 4.78 is 3.76. The smallest absolute Gasteiger partial charge is 0.172 e. The number of anilines is 1. The number of aryl methyl sites for hydroxylation is 1. The number of thiocarbonyl (C=S) groups is 1. The molecule has 0 spiro atoms. The molecule has 0 fully saturated rings. The maximum absolute atomic E-state index is 6.20. The fraction of sp³-hybridized carbons (Fsp3) is 0.278. The summed E-state index contributed by atoms with van der Waals surface area (Å²) in [6, 6.07) is 11.7. The van der Waals surface area contributed by atoms with E-state index in [4.69, 9.17) is 23.8 Å². The van der Waals surface area contributed by atoms with Gasteiger partial charge in [-0.25, -0.2) is 0 Å². The van der Waals surface area contributed by atoms with Crippen LogP contribution in [0.2, 0.25) is 5.02 Å². The van der Waals surface area contributed by atoms with Crippen molar-refractivity contribution < 1.29 is 0 Å². The zero-order valence-electron chi connectivity index (χ0n) is 14.7. The van der Waals surface area contributed by atoms with Gasteiger partial charge in [-0.15, -0.1) is 0 Å². The summed E-state index contributed by atoms with van der Waals surface area (Å²) in [5.41, 5.74) is 2.10. The van der Waals surface area contributed by atoms with Gasteiger partial charge in [-0.05, 0) is 43.8 Å². The molecule has 26 heavy (non-hydrogen) atoms. The number of aromatic nitrogens is 4.